The highest BCUT2D eigenvalue weighted by Crippen LogP contribution is 2.19. The summed E-state index contributed by atoms with van der Waals surface area (Å²) in [4.78, 5) is 4.42. The summed E-state index contributed by atoms with van der Waals surface area (Å²) in [5.74, 6) is 0.795. The van der Waals surface area contributed by atoms with E-state index in [1.165, 1.54) is 0 Å². The van der Waals surface area contributed by atoms with Gasteiger partial charge in [-0.05, 0) is 18.6 Å². The second-order valence-corrected chi connectivity index (χ2v) is 3.88. The molecule has 17 heavy (non-hydrogen) atoms. The van der Waals surface area contributed by atoms with E-state index in [-0.39, 0.29) is 0 Å². The first-order chi connectivity index (χ1) is 8.36. The summed E-state index contributed by atoms with van der Waals surface area (Å²) in [6.45, 7) is 2.11. The number of hydrogen-bond donors (Lipinski definition) is 0. The summed E-state index contributed by atoms with van der Waals surface area (Å²) < 4.78 is 7.52. The van der Waals surface area contributed by atoms with Crippen molar-refractivity contribution in [2.45, 2.75) is 19.8 Å². The summed E-state index contributed by atoms with van der Waals surface area (Å²) in [6.07, 6.45) is 5.22. The number of hydrogen-bond acceptors (Lipinski definition) is 4. The molecule has 0 amide bonds. The Kier molecular flexibility index (Phi) is 2.36. The predicted octanol–water partition coefficient (Wildman–Crippen LogP) is 2.36. The zero-order chi connectivity index (χ0) is 11.7. The van der Waals surface area contributed by atoms with Crippen molar-refractivity contribution in [2.75, 3.05) is 0 Å². The van der Waals surface area contributed by atoms with Crippen LogP contribution in [0, 0.1) is 0 Å². The van der Waals surface area contributed by atoms with Gasteiger partial charge in [0.2, 0.25) is 0 Å². The zero-order valence-electron chi connectivity index (χ0n) is 9.50. The van der Waals surface area contributed by atoms with Gasteiger partial charge < -0.3 is 4.42 Å². The van der Waals surface area contributed by atoms with E-state index < -0.39 is 0 Å². The Hall–Kier alpha value is -2.17. The lowest BCUT2D eigenvalue weighted by molar-refractivity contribution is 0.525. The van der Waals surface area contributed by atoms with Crippen molar-refractivity contribution >= 4 is 11.1 Å². The Balaban J connectivity index is 2.06. The maximum atomic E-state index is 5.68. The summed E-state index contributed by atoms with van der Waals surface area (Å²) in [5, 5.41) is 7.56. The molecule has 0 aliphatic carbocycles. The minimum atomic E-state index is 0.795. The molecule has 3 aromatic rings. The van der Waals surface area contributed by atoms with E-state index in [0.717, 1.165) is 35.5 Å². The van der Waals surface area contributed by atoms with Crippen LogP contribution in [0.5, 0.6) is 0 Å². The van der Waals surface area contributed by atoms with Crippen LogP contribution >= 0.6 is 0 Å². The van der Waals surface area contributed by atoms with Gasteiger partial charge in [-0.15, -0.1) is 10.2 Å². The van der Waals surface area contributed by atoms with Gasteiger partial charge in [0.1, 0.15) is 18.2 Å². The minimum absolute atomic E-state index is 0.795. The largest absolute Gasteiger partial charge is 0.441 e. The first-order valence-electron chi connectivity index (χ1n) is 5.61. The molecule has 3 rings (SSSR count). The van der Waals surface area contributed by atoms with Gasteiger partial charge in [0.15, 0.2) is 11.5 Å². The van der Waals surface area contributed by atoms with E-state index in [0.29, 0.717) is 0 Å². The van der Waals surface area contributed by atoms with Gasteiger partial charge in [-0.2, -0.15) is 0 Å². The molecular weight excluding hydrogens is 216 g/mol. The van der Waals surface area contributed by atoms with Gasteiger partial charge >= 0.3 is 0 Å². The number of oxazole rings is 1. The van der Waals surface area contributed by atoms with E-state index >= 15 is 0 Å². The number of aromatic nitrogens is 4. The maximum absolute atomic E-state index is 5.68. The fraction of sp³-hybridized carbons (Fsp3) is 0.250. The van der Waals surface area contributed by atoms with Crippen LogP contribution in [0.4, 0.5) is 0 Å². The van der Waals surface area contributed by atoms with Crippen LogP contribution in [0.25, 0.3) is 16.8 Å². The van der Waals surface area contributed by atoms with E-state index in [9.17, 15) is 0 Å². The number of rotatable bonds is 3. The van der Waals surface area contributed by atoms with Gasteiger partial charge in [-0.3, -0.25) is 4.57 Å². The SMILES string of the molecule is CCCc1nc2ccc(-n3cnnc3)cc2o1. The van der Waals surface area contributed by atoms with Crippen LogP contribution in [0.1, 0.15) is 19.2 Å². The number of fused-ring (bicyclic) bond motifs is 1. The summed E-state index contributed by atoms with van der Waals surface area (Å²) >= 11 is 0. The van der Waals surface area contributed by atoms with Crippen LogP contribution < -0.4 is 0 Å². The molecule has 86 valence electrons. The third-order valence-corrected chi connectivity index (χ3v) is 2.60. The van der Waals surface area contributed by atoms with Crippen molar-refractivity contribution in [1.82, 2.24) is 19.7 Å². The molecule has 0 aliphatic rings. The van der Waals surface area contributed by atoms with E-state index in [1.807, 2.05) is 22.8 Å². The van der Waals surface area contributed by atoms with Crippen molar-refractivity contribution in [1.29, 1.82) is 0 Å². The Morgan fingerprint density at radius 3 is 2.82 bits per heavy atom. The molecule has 0 saturated heterocycles. The van der Waals surface area contributed by atoms with Crippen LogP contribution in [-0.4, -0.2) is 19.7 Å². The molecule has 2 aromatic heterocycles. The van der Waals surface area contributed by atoms with Crippen LogP contribution in [-0.2, 0) is 6.42 Å². The molecule has 0 N–H and O–H groups in total. The standard InChI is InChI=1S/C12H12N4O/c1-2-3-12-15-10-5-4-9(6-11(10)17-12)16-7-13-14-8-16/h4-8H,2-3H2,1H3. The van der Waals surface area contributed by atoms with E-state index in [1.54, 1.807) is 12.7 Å². The fourth-order valence-corrected chi connectivity index (χ4v) is 1.78. The van der Waals surface area contributed by atoms with E-state index in [2.05, 4.69) is 22.1 Å². The molecule has 0 aliphatic heterocycles. The summed E-state index contributed by atoms with van der Waals surface area (Å²) in [7, 11) is 0. The molecule has 0 radical (unpaired) electrons. The van der Waals surface area contributed by atoms with Crippen molar-refractivity contribution in [3.05, 3.63) is 36.7 Å². The molecule has 1 aromatic carbocycles. The average molecular weight is 228 g/mol. The quantitative estimate of drug-likeness (QED) is 0.690. The molecule has 5 heteroatoms. The van der Waals surface area contributed by atoms with Gasteiger partial charge in [0.25, 0.3) is 0 Å². The topological polar surface area (TPSA) is 56.7 Å². The highest BCUT2D eigenvalue weighted by atomic mass is 16.3. The fourth-order valence-electron chi connectivity index (χ4n) is 1.78. The highest BCUT2D eigenvalue weighted by Gasteiger charge is 2.06. The number of aryl methyl sites for hydroxylation is 1. The monoisotopic (exact) mass is 228 g/mol. The first kappa shape index (κ1) is 10.0. The second kappa shape index (κ2) is 4.01. The Morgan fingerprint density at radius 2 is 2.06 bits per heavy atom. The Labute approximate surface area is 98.1 Å². The highest BCUT2D eigenvalue weighted by molar-refractivity contribution is 5.75. The van der Waals surface area contributed by atoms with Crippen molar-refractivity contribution in [3.63, 3.8) is 0 Å². The van der Waals surface area contributed by atoms with Crippen molar-refractivity contribution in [2.24, 2.45) is 0 Å². The van der Waals surface area contributed by atoms with Crippen molar-refractivity contribution < 1.29 is 4.42 Å². The average Bonchev–Trinajstić information content (AvgIpc) is 2.96. The third kappa shape index (κ3) is 1.80. The third-order valence-electron chi connectivity index (χ3n) is 2.60. The molecule has 0 saturated carbocycles. The zero-order valence-corrected chi connectivity index (χ0v) is 9.50. The van der Waals surface area contributed by atoms with Gasteiger partial charge in [0.05, 0.1) is 5.69 Å². The molecule has 0 atom stereocenters. The minimum Gasteiger partial charge on any atom is -0.441 e. The molecule has 2 heterocycles. The normalized spacial score (nSPS) is 11.1. The molecule has 0 spiro atoms. The molecule has 0 bridgehead atoms. The molecular formula is C12H12N4O. The Bertz CT molecular complexity index is 627. The van der Waals surface area contributed by atoms with Crippen LogP contribution in [0.3, 0.4) is 0 Å². The van der Waals surface area contributed by atoms with Crippen LogP contribution in [0.15, 0.2) is 35.3 Å². The number of nitrogens with zero attached hydrogens (tertiary/aromatic N) is 4. The Morgan fingerprint density at radius 1 is 1.24 bits per heavy atom. The smallest absolute Gasteiger partial charge is 0.195 e. The lowest BCUT2D eigenvalue weighted by Gasteiger charge is -1.98. The predicted molar refractivity (Wildman–Crippen MR) is 62.9 cm³/mol. The van der Waals surface area contributed by atoms with Crippen LogP contribution in [0.2, 0.25) is 0 Å². The van der Waals surface area contributed by atoms with E-state index in [4.69, 9.17) is 4.42 Å². The lowest BCUT2D eigenvalue weighted by Crippen LogP contribution is -1.88. The molecule has 0 fully saturated rings. The number of benzene rings is 1. The molecule has 5 nitrogen and oxygen atoms in total. The second-order valence-electron chi connectivity index (χ2n) is 3.88. The lowest BCUT2D eigenvalue weighted by atomic mass is 10.3. The van der Waals surface area contributed by atoms with Gasteiger partial charge in [-0.1, -0.05) is 6.92 Å². The first-order valence-corrected chi connectivity index (χ1v) is 5.61. The summed E-state index contributed by atoms with van der Waals surface area (Å²) in [6, 6.07) is 5.88. The van der Waals surface area contributed by atoms with Gasteiger partial charge in [0, 0.05) is 12.5 Å². The van der Waals surface area contributed by atoms with Gasteiger partial charge in [-0.25, -0.2) is 4.98 Å². The molecule has 0 unspecified atom stereocenters. The maximum Gasteiger partial charge on any atom is 0.195 e. The summed E-state index contributed by atoms with van der Waals surface area (Å²) in [5.41, 5.74) is 2.67. The van der Waals surface area contributed by atoms with Crippen molar-refractivity contribution in [3.8, 4) is 5.69 Å².